The molecular weight excluding hydrogens is 258 g/mol. The van der Waals surface area contributed by atoms with Crippen molar-refractivity contribution in [3.8, 4) is 0 Å². The fraction of sp³-hybridized carbons (Fsp3) is 0.308. The summed E-state index contributed by atoms with van der Waals surface area (Å²) in [5, 5.41) is 19.6. The molecule has 2 aromatic rings. The van der Waals surface area contributed by atoms with Crippen LogP contribution in [0.25, 0.3) is 0 Å². The molecule has 0 atom stereocenters. The van der Waals surface area contributed by atoms with Gasteiger partial charge in [-0.15, -0.1) is 5.10 Å². The van der Waals surface area contributed by atoms with Crippen molar-refractivity contribution in [2.45, 2.75) is 19.7 Å². The lowest BCUT2D eigenvalue weighted by atomic mass is 10.1. The molecule has 4 N–H and O–H groups in total. The van der Waals surface area contributed by atoms with Crippen molar-refractivity contribution in [3.05, 3.63) is 47.3 Å². The number of nitrogens with one attached hydrogen (secondary N) is 1. The minimum atomic E-state index is -0.223. The zero-order valence-electron chi connectivity index (χ0n) is 11.0. The molecule has 20 heavy (non-hydrogen) atoms. The van der Waals surface area contributed by atoms with E-state index in [1.165, 1.54) is 0 Å². The molecule has 0 aliphatic rings. The van der Waals surface area contributed by atoms with Crippen molar-refractivity contribution in [1.82, 2.24) is 20.3 Å². The van der Waals surface area contributed by atoms with Gasteiger partial charge in [0.05, 0.1) is 32.4 Å². The Labute approximate surface area is 116 Å². The molecular formula is C13H17N5O2. The molecule has 0 saturated heterocycles. The molecule has 1 aromatic carbocycles. The average molecular weight is 275 g/mol. The quantitative estimate of drug-likeness (QED) is 0.652. The molecule has 0 saturated carbocycles. The van der Waals surface area contributed by atoms with Gasteiger partial charge in [-0.25, -0.2) is 4.68 Å². The summed E-state index contributed by atoms with van der Waals surface area (Å²) in [7, 11) is 0. The van der Waals surface area contributed by atoms with Gasteiger partial charge in [-0.3, -0.25) is 4.79 Å². The zero-order chi connectivity index (χ0) is 14.4. The first-order chi connectivity index (χ1) is 9.71. The lowest BCUT2D eigenvalue weighted by Crippen LogP contribution is -2.29. The van der Waals surface area contributed by atoms with Gasteiger partial charge in [-0.05, 0) is 11.1 Å². The zero-order valence-corrected chi connectivity index (χ0v) is 11.0. The Morgan fingerprint density at radius 1 is 1.30 bits per heavy atom. The molecule has 0 aliphatic carbocycles. The smallest absolute Gasteiger partial charge is 0.234 e. The Hall–Kier alpha value is -2.25. The maximum Gasteiger partial charge on any atom is 0.234 e. The number of nitrogens with two attached hydrogens (primary N) is 1. The molecule has 0 bridgehead atoms. The molecule has 2 rings (SSSR count). The summed E-state index contributed by atoms with van der Waals surface area (Å²) in [5.74, 6) is -0.223. The van der Waals surface area contributed by atoms with E-state index < -0.39 is 0 Å². The van der Waals surface area contributed by atoms with Crippen molar-refractivity contribution in [2.75, 3.05) is 6.54 Å². The number of rotatable bonds is 6. The lowest BCUT2D eigenvalue weighted by Gasteiger charge is -2.02. The van der Waals surface area contributed by atoms with Crippen molar-refractivity contribution >= 4 is 5.91 Å². The Morgan fingerprint density at radius 3 is 2.65 bits per heavy atom. The molecule has 1 aromatic heterocycles. The average Bonchev–Trinajstić information content (AvgIpc) is 2.93. The molecule has 0 unspecified atom stereocenters. The van der Waals surface area contributed by atoms with E-state index in [0.717, 1.165) is 11.1 Å². The van der Waals surface area contributed by atoms with Gasteiger partial charge in [0.25, 0.3) is 0 Å². The van der Waals surface area contributed by atoms with Gasteiger partial charge >= 0.3 is 0 Å². The molecule has 0 fully saturated rings. The van der Waals surface area contributed by atoms with Crippen LogP contribution in [0, 0.1) is 0 Å². The summed E-state index contributed by atoms with van der Waals surface area (Å²) in [6.07, 6.45) is 1.77. The molecule has 0 aliphatic heterocycles. The molecule has 0 spiro atoms. The second kappa shape index (κ2) is 6.78. The maximum atomic E-state index is 11.0. The van der Waals surface area contributed by atoms with E-state index in [2.05, 4.69) is 15.6 Å². The number of benzene rings is 1. The topological polar surface area (TPSA) is 106 Å². The number of hydrogen-bond donors (Lipinski definition) is 3. The Balaban J connectivity index is 1.93. The van der Waals surface area contributed by atoms with Crippen molar-refractivity contribution < 1.29 is 9.90 Å². The molecule has 1 amide bonds. The summed E-state index contributed by atoms with van der Waals surface area (Å²) < 4.78 is 1.69. The van der Waals surface area contributed by atoms with E-state index in [0.29, 0.717) is 18.8 Å². The SMILES string of the molecule is NCC(=O)NCc1cn(Cc2ccc(CO)cc2)nn1. The van der Waals surface area contributed by atoms with Crippen molar-refractivity contribution in [3.63, 3.8) is 0 Å². The van der Waals surface area contributed by atoms with Crippen LogP contribution in [0.5, 0.6) is 0 Å². The third-order valence-electron chi connectivity index (χ3n) is 2.79. The lowest BCUT2D eigenvalue weighted by molar-refractivity contribution is -0.119. The van der Waals surface area contributed by atoms with Crippen LogP contribution in [0.3, 0.4) is 0 Å². The van der Waals surface area contributed by atoms with Gasteiger partial charge in [0, 0.05) is 0 Å². The standard InChI is InChI=1S/C13H17N5O2/c14-5-13(20)15-6-12-8-18(17-16-12)7-10-1-3-11(9-19)4-2-10/h1-4,8,19H,5-7,9,14H2,(H,15,20). The van der Waals surface area contributed by atoms with E-state index in [-0.39, 0.29) is 19.1 Å². The minimum absolute atomic E-state index is 0.0363. The van der Waals surface area contributed by atoms with E-state index in [1.54, 1.807) is 10.9 Å². The monoisotopic (exact) mass is 275 g/mol. The minimum Gasteiger partial charge on any atom is -0.392 e. The number of aliphatic hydroxyl groups is 1. The number of aliphatic hydroxyl groups excluding tert-OH is 1. The predicted octanol–water partition coefficient (Wildman–Crippen LogP) is -0.606. The highest BCUT2D eigenvalue weighted by atomic mass is 16.3. The van der Waals surface area contributed by atoms with E-state index in [4.69, 9.17) is 10.8 Å². The fourth-order valence-corrected chi connectivity index (χ4v) is 1.70. The number of aromatic nitrogens is 3. The first-order valence-electron chi connectivity index (χ1n) is 6.25. The van der Waals surface area contributed by atoms with Crippen LogP contribution in [-0.4, -0.2) is 32.6 Å². The van der Waals surface area contributed by atoms with Gasteiger partial charge in [-0.2, -0.15) is 0 Å². The van der Waals surface area contributed by atoms with Crippen LogP contribution in [0.1, 0.15) is 16.8 Å². The summed E-state index contributed by atoms with van der Waals surface area (Å²) >= 11 is 0. The van der Waals surface area contributed by atoms with E-state index in [9.17, 15) is 4.79 Å². The van der Waals surface area contributed by atoms with Gasteiger partial charge in [-0.1, -0.05) is 29.5 Å². The molecule has 106 valence electrons. The summed E-state index contributed by atoms with van der Waals surface area (Å²) in [5.41, 5.74) is 7.81. The first kappa shape index (κ1) is 14.2. The number of carbonyl (C=O) groups is 1. The predicted molar refractivity (Wildman–Crippen MR) is 72.4 cm³/mol. The van der Waals surface area contributed by atoms with Gasteiger partial charge in [0.2, 0.25) is 5.91 Å². The van der Waals surface area contributed by atoms with Crippen molar-refractivity contribution in [2.24, 2.45) is 5.73 Å². The second-order valence-corrected chi connectivity index (χ2v) is 4.36. The van der Waals surface area contributed by atoms with Crippen LogP contribution in [0.2, 0.25) is 0 Å². The third-order valence-corrected chi connectivity index (χ3v) is 2.79. The number of hydrogen-bond acceptors (Lipinski definition) is 5. The van der Waals surface area contributed by atoms with Crippen molar-refractivity contribution in [1.29, 1.82) is 0 Å². The normalized spacial score (nSPS) is 10.5. The Morgan fingerprint density at radius 2 is 2.00 bits per heavy atom. The number of nitrogens with zero attached hydrogens (tertiary/aromatic N) is 3. The third kappa shape index (κ3) is 3.87. The summed E-state index contributed by atoms with van der Waals surface area (Å²) in [4.78, 5) is 11.0. The van der Waals surface area contributed by atoms with Crippen LogP contribution >= 0.6 is 0 Å². The van der Waals surface area contributed by atoms with E-state index in [1.807, 2.05) is 24.3 Å². The van der Waals surface area contributed by atoms with Gasteiger partial charge in [0.1, 0.15) is 5.69 Å². The summed E-state index contributed by atoms with van der Waals surface area (Å²) in [6, 6.07) is 7.61. The van der Waals surface area contributed by atoms with Gasteiger partial charge in [0.15, 0.2) is 0 Å². The molecule has 7 nitrogen and oxygen atoms in total. The Kier molecular flexibility index (Phi) is 4.80. The number of amides is 1. The molecule has 1 heterocycles. The fourth-order valence-electron chi connectivity index (χ4n) is 1.70. The second-order valence-electron chi connectivity index (χ2n) is 4.36. The number of carbonyl (C=O) groups excluding carboxylic acids is 1. The highest BCUT2D eigenvalue weighted by Gasteiger charge is 2.03. The van der Waals surface area contributed by atoms with Crippen LogP contribution in [0.4, 0.5) is 0 Å². The highest BCUT2D eigenvalue weighted by molar-refractivity contribution is 5.77. The molecule has 0 radical (unpaired) electrons. The first-order valence-corrected chi connectivity index (χ1v) is 6.25. The van der Waals surface area contributed by atoms with Gasteiger partial charge < -0.3 is 16.2 Å². The highest BCUT2D eigenvalue weighted by Crippen LogP contribution is 2.06. The largest absolute Gasteiger partial charge is 0.392 e. The van der Waals surface area contributed by atoms with Crippen LogP contribution in [0.15, 0.2) is 30.5 Å². The van der Waals surface area contributed by atoms with E-state index >= 15 is 0 Å². The Bertz CT molecular complexity index is 564. The van der Waals surface area contributed by atoms with Crippen LogP contribution in [-0.2, 0) is 24.5 Å². The molecule has 7 heteroatoms. The van der Waals surface area contributed by atoms with Crippen LogP contribution < -0.4 is 11.1 Å². The maximum absolute atomic E-state index is 11.0. The summed E-state index contributed by atoms with van der Waals surface area (Å²) in [6.45, 7) is 0.906.